The highest BCUT2D eigenvalue weighted by Crippen LogP contribution is 2.30. The van der Waals surface area contributed by atoms with Crippen molar-refractivity contribution in [2.45, 2.75) is 26.7 Å². The van der Waals surface area contributed by atoms with Gasteiger partial charge >= 0.3 is 17.9 Å². The Kier molecular flexibility index (Phi) is 6.14. The number of ether oxygens (including phenoxy) is 2. The number of carboxylic acid groups (broad SMARTS) is 1. The van der Waals surface area contributed by atoms with Crippen LogP contribution < -0.4 is 0 Å². The summed E-state index contributed by atoms with van der Waals surface area (Å²) in [4.78, 5) is 34.2. The molecule has 0 saturated heterocycles. The molecule has 0 aliphatic heterocycles. The van der Waals surface area contributed by atoms with Crippen molar-refractivity contribution in [2.24, 2.45) is 11.8 Å². The molecule has 1 rings (SSSR count). The zero-order valence-corrected chi connectivity index (χ0v) is 12.3. The Hall–Kier alpha value is -2.11. The number of carbonyl (C=O) groups excluding carboxylic acids is 2. The van der Waals surface area contributed by atoms with E-state index in [2.05, 4.69) is 6.58 Å². The van der Waals surface area contributed by atoms with Gasteiger partial charge in [0.25, 0.3) is 0 Å². The molecule has 0 heterocycles. The fourth-order valence-electron chi connectivity index (χ4n) is 2.06. The minimum absolute atomic E-state index is 0.0776. The SMILES string of the molecule is C=C(C)C(=O)OCCOC(=O)C1CC(C)CC=C1C(=O)O. The molecule has 6 nitrogen and oxygen atoms in total. The van der Waals surface area contributed by atoms with Gasteiger partial charge in [0, 0.05) is 11.1 Å². The number of rotatable bonds is 6. The smallest absolute Gasteiger partial charge is 0.333 e. The van der Waals surface area contributed by atoms with Crippen LogP contribution in [0, 0.1) is 11.8 Å². The predicted molar refractivity (Wildman–Crippen MR) is 74.3 cm³/mol. The first-order chi connectivity index (χ1) is 9.82. The Morgan fingerprint density at radius 3 is 2.52 bits per heavy atom. The molecule has 1 N–H and O–H groups in total. The van der Waals surface area contributed by atoms with Gasteiger partial charge in [0.15, 0.2) is 0 Å². The third-order valence-electron chi connectivity index (χ3n) is 3.19. The van der Waals surface area contributed by atoms with Gasteiger partial charge < -0.3 is 14.6 Å². The van der Waals surface area contributed by atoms with Crippen molar-refractivity contribution in [2.75, 3.05) is 13.2 Å². The maximum absolute atomic E-state index is 12.0. The number of hydrogen-bond acceptors (Lipinski definition) is 5. The molecule has 2 atom stereocenters. The van der Waals surface area contributed by atoms with Gasteiger partial charge in [0.1, 0.15) is 13.2 Å². The van der Waals surface area contributed by atoms with Crippen molar-refractivity contribution in [3.8, 4) is 0 Å². The largest absolute Gasteiger partial charge is 0.478 e. The average Bonchev–Trinajstić information content (AvgIpc) is 2.42. The molecule has 1 aliphatic rings. The molecule has 0 fully saturated rings. The second kappa shape index (κ2) is 7.61. The second-order valence-corrected chi connectivity index (χ2v) is 5.18. The molecular weight excluding hydrogens is 276 g/mol. The zero-order valence-electron chi connectivity index (χ0n) is 12.3. The van der Waals surface area contributed by atoms with Crippen LogP contribution in [0.4, 0.5) is 0 Å². The van der Waals surface area contributed by atoms with Gasteiger partial charge in [0.2, 0.25) is 0 Å². The van der Waals surface area contributed by atoms with E-state index in [1.54, 1.807) is 6.08 Å². The molecule has 0 bridgehead atoms. The minimum atomic E-state index is -1.10. The molecule has 0 aromatic heterocycles. The van der Waals surface area contributed by atoms with Crippen LogP contribution in [0.15, 0.2) is 23.8 Å². The van der Waals surface area contributed by atoms with E-state index in [-0.39, 0.29) is 30.3 Å². The van der Waals surface area contributed by atoms with Crippen LogP contribution in [0.3, 0.4) is 0 Å². The van der Waals surface area contributed by atoms with Gasteiger partial charge in [-0.25, -0.2) is 9.59 Å². The summed E-state index contributed by atoms with van der Waals surface area (Å²) in [5.41, 5.74) is 0.343. The zero-order chi connectivity index (χ0) is 16.0. The van der Waals surface area contributed by atoms with Gasteiger partial charge in [-0.2, -0.15) is 0 Å². The highest BCUT2D eigenvalue weighted by Gasteiger charge is 2.33. The van der Waals surface area contributed by atoms with Crippen molar-refractivity contribution in [3.63, 3.8) is 0 Å². The summed E-state index contributed by atoms with van der Waals surface area (Å²) in [6, 6.07) is 0. The van der Waals surface area contributed by atoms with Gasteiger partial charge in [-0.1, -0.05) is 19.6 Å². The van der Waals surface area contributed by atoms with E-state index in [9.17, 15) is 14.4 Å². The van der Waals surface area contributed by atoms with Crippen LogP contribution in [0.1, 0.15) is 26.7 Å². The molecule has 0 aromatic carbocycles. The summed E-state index contributed by atoms with van der Waals surface area (Å²) in [7, 11) is 0. The fourth-order valence-corrected chi connectivity index (χ4v) is 2.06. The lowest BCUT2D eigenvalue weighted by Crippen LogP contribution is -2.29. The minimum Gasteiger partial charge on any atom is -0.478 e. The molecule has 2 unspecified atom stereocenters. The topological polar surface area (TPSA) is 89.9 Å². The summed E-state index contributed by atoms with van der Waals surface area (Å²) < 4.78 is 9.78. The van der Waals surface area contributed by atoms with Crippen molar-refractivity contribution in [1.29, 1.82) is 0 Å². The number of esters is 2. The highest BCUT2D eigenvalue weighted by molar-refractivity contribution is 5.94. The molecule has 0 aromatic rings. The quantitative estimate of drug-likeness (QED) is 0.456. The van der Waals surface area contributed by atoms with Gasteiger partial charge in [0.05, 0.1) is 5.92 Å². The third-order valence-corrected chi connectivity index (χ3v) is 3.19. The van der Waals surface area contributed by atoms with Gasteiger partial charge in [-0.15, -0.1) is 0 Å². The summed E-state index contributed by atoms with van der Waals surface area (Å²) in [5.74, 6) is -2.78. The van der Waals surface area contributed by atoms with Crippen LogP contribution in [-0.2, 0) is 23.9 Å². The third kappa shape index (κ3) is 5.06. The van der Waals surface area contributed by atoms with Crippen LogP contribution in [0.25, 0.3) is 0 Å². The van der Waals surface area contributed by atoms with E-state index in [0.717, 1.165) is 0 Å². The number of hydrogen-bond donors (Lipinski definition) is 1. The molecule has 0 radical (unpaired) electrons. The highest BCUT2D eigenvalue weighted by atomic mass is 16.6. The fraction of sp³-hybridized carbons (Fsp3) is 0.533. The van der Waals surface area contributed by atoms with E-state index >= 15 is 0 Å². The van der Waals surface area contributed by atoms with Crippen LogP contribution in [-0.4, -0.2) is 36.2 Å². The lowest BCUT2D eigenvalue weighted by Gasteiger charge is -2.24. The number of allylic oxidation sites excluding steroid dienone is 1. The molecule has 0 spiro atoms. The number of carboxylic acids is 1. The van der Waals surface area contributed by atoms with Gasteiger partial charge in [-0.3, -0.25) is 4.79 Å². The molecular formula is C15H20O6. The van der Waals surface area contributed by atoms with Crippen molar-refractivity contribution in [1.82, 2.24) is 0 Å². The Bertz CT molecular complexity index is 477. The summed E-state index contributed by atoms with van der Waals surface area (Å²) in [6.45, 7) is 6.71. The van der Waals surface area contributed by atoms with Gasteiger partial charge in [-0.05, 0) is 25.7 Å². The van der Waals surface area contributed by atoms with Crippen molar-refractivity contribution in [3.05, 3.63) is 23.8 Å². The normalized spacial score (nSPS) is 21.1. The Morgan fingerprint density at radius 2 is 1.95 bits per heavy atom. The lowest BCUT2D eigenvalue weighted by atomic mass is 9.82. The van der Waals surface area contributed by atoms with Crippen molar-refractivity contribution < 1.29 is 29.0 Å². The second-order valence-electron chi connectivity index (χ2n) is 5.18. The lowest BCUT2D eigenvalue weighted by molar-refractivity contribution is -0.154. The monoisotopic (exact) mass is 296 g/mol. The van der Waals surface area contributed by atoms with Crippen LogP contribution in [0.2, 0.25) is 0 Å². The predicted octanol–water partition coefficient (Wildman–Crippen LogP) is 1.71. The summed E-state index contributed by atoms with van der Waals surface area (Å²) in [5, 5.41) is 9.09. The molecule has 6 heteroatoms. The Balaban J connectivity index is 2.48. The van der Waals surface area contributed by atoms with Crippen LogP contribution >= 0.6 is 0 Å². The van der Waals surface area contributed by atoms with E-state index in [4.69, 9.17) is 14.6 Å². The first-order valence-corrected chi connectivity index (χ1v) is 6.75. The van der Waals surface area contributed by atoms with E-state index in [1.807, 2.05) is 6.92 Å². The first kappa shape index (κ1) is 16.9. The molecule has 0 saturated carbocycles. The molecule has 1 aliphatic carbocycles. The molecule has 0 amide bonds. The first-order valence-electron chi connectivity index (χ1n) is 6.75. The molecule has 21 heavy (non-hydrogen) atoms. The van der Waals surface area contributed by atoms with E-state index in [0.29, 0.717) is 12.8 Å². The maximum Gasteiger partial charge on any atom is 0.333 e. The summed E-state index contributed by atoms with van der Waals surface area (Å²) >= 11 is 0. The van der Waals surface area contributed by atoms with Crippen molar-refractivity contribution >= 4 is 17.9 Å². The maximum atomic E-state index is 12.0. The van der Waals surface area contributed by atoms with Crippen LogP contribution in [0.5, 0.6) is 0 Å². The summed E-state index contributed by atoms with van der Waals surface area (Å²) in [6.07, 6.45) is 2.66. The Morgan fingerprint density at radius 1 is 1.33 bits per heavy atom. The number of carbonyl (C=O) groups is 3. The number of aliphatic carboxylic acids is 1. The molecule has 116 valence electrons. The average molecular weight is 296 g/mol. The van der Waals surface area contributed by atoms with E-state index < -0.39 is 23.8 Å². The Labute approximate surface area is 123 Å². The standard InChI is InChI=1S/C15H20O6/c1-9(2)14(18)20-6-7-21-15(19)12-8-10(3)4-5-11(12)13(16)17/h5,10,12H,1,4,6-8H2,2-3H3,(H,16,17). The van der Waals surface area contributed by atoms with E-state index in [1.165, 1.54) is 6.92 Å².